The third-order valence-electron chi connectivity index (χ3n) is 5.60. The Hall–Kier alpha value is -4.07. The molecule has 0 bridgehead atoms. The standard InChI is InChI=1S/C22H16N4O4/c1-9-16-10-4-2-3-5-13(10)24-20(16)19(26-17(9)22(29)30)14-7-6-11-15(27)8-12(23)21(28)18(11)25-14/h2-8,11,18,24H,23H2,1H3,(H,29,30). The predicted octanol–water partition coefficient (Wildman–Crippen LogP) is 2.06. The van der Waals surface area contributed by atoms with Gasteiger partial charge in [-0.2, -0.15) is 0 Å². The van der Waals surface area contributed by atoms with Crippen LogP contribution in [-0.2, 0) is 9.59 Å². The molecular formula is C22H16N4O4. The summed E-state index contributed by atoms with van der Waals surface area (Å²) in [6.07, 6.45) is 4.35. The van der Waals surface area contributed by atoms with Crippen LogP contribution < -0.4 is 5.73 Å². The number of allylic oxidation sites excluding steroid dienone is 2. The maximum Gasteiger partial charge on any atom is 0.354 e. The summed E-state index contributed by atoms with van der Waals surface area (Å²) in [6, 6.07) is 6.57. The molecule has 8 nitrogen and oxygen atoms in total. The third-order valence-corrected chi connectivity index (χ3v) is 5.60. The van der Waals surface area contributed by atoms with E-state index in [1.165, 1.54) is 0 Å². The number of hydrogen-bond acceptors (Lipinski definition) is 6. The largest absolute Gasteiger partial charge is 0.477 e. The fourth-order valence-corrected chi connectivity index (χ4v) is 4.15. The summed E-state index contributed by atoms with van der Waals surface area (Å²) in [4.78, 5) is 48.7. The van der Waals surface area contributed by atoms with Gasteiger partial charge in [0.05, 0.1) is 22.8 Å². The van der Waals surface area contributed by atoms with Gasteiger partial charge in [0.2, 0.25) is 5.78 Å². The molecule has 3 aromatic rings. The maximum atomic E-state index is 12.5. The van der Waals surface area contributed by atoms with Gasteiger partial charge in [0.25, 0.3) is 0 Å². The summed E-state index contributed by atoms with van der Waals surface area (Å²) in [6.45, 7) is 1.71. The van der Waals surface area contributed by atoms with Crippen LogP contribution in [0.1, 0.15) is 21.7 Å². The molecule has 0 saturated carbocycles. The van der Waals surface area contributed by atoms with E-state index in [2.05, 4.69) is 15.0 Å². The molecule has 1 aliphatic carbocycles. The van der Waals surface area contributed by atoms with Crippen molar-refractivity contribution in [2.45, 2.75) is 13.0 Å². The zero-order chi connectivity index (χ0) is 21.2. The van der Waals surface area contributed by atoms with Gasteiger partial charge in [-0.05, 0) is 24.6 Å². The van der Waals surface area contributed by atoms with Crippen molar-refractivity contribution >= 4 is 45.1 Å². The van der Waals surface area contributed by atoms with Crippen molar-refractivity contribution in [3.8, 4) is 0 Å². The molecule has 5 rings (SSSR count). The van der Waals surface area contributed by atoms with Crippen LogP contribution in [0, 0.1) is 12.8 Å². The number of pyridine rings is 1. The number of carboxylic acids is 1. The lowest BCUT2D eigenvalue weighted by molar-refractivity contribution is -0.125. The normalized spacial score (nSPS) is 21.0. The minimum Gasteiger partial charge on any atom is -0.477 e. The van der Waals surface area contributed by atoms with E-state index in [1.54, 1.807) is 19.1 Å². The van der Waals surface area contributed by atoms with Crippen molar-refractivity contribution in [1.29, 1.82) is 0 Å². The lowest BCUT2D eigenvalue weighted by atomic mass is 9.83. The van der Waals surface area contributed by atoms with E-state index in [4.69, 9.17) is 5.73 Å². The topological polar surface area (TPSA) is 138 Å². The van der Waals surface area contributed by atoms with Gasteiger partial charge in [0.15, 0.2) is 11.5 Å². The number of nitrogens with zero attached hydrogens (tertiary/aromatic N) is 2. The summed E-state index contributed by atoms with van der Waals surface area (Å²) in [5.41, 5.74) is 8.09. The molecule has 8 heteroatoms. The molecule has 2 aliphatic rings. The number of carbonyl (C=O) groups is 3. The smallest absolute Gasteiger partial charge is 0.354 e. The van der Waals surface area contributed by atoms with E-state index >= 15 is 0 Å². The fourth-order valence-electron chi connectivity index (χ4n) is 4.15. The summed E-state index contributed by atoms with van der Waals surface area (Å²) < 4.78 is 0. The molecule has 30 heavy (non-hydrogen) atoms. The molecule has 2 aromatic heterocycles. The van der Waals surface area contributed by atoms with Crippen molar-refractivity contribution in [3.63, 3.8) is 0 Å². The second-order valence-electron chi connectivity index (χ2n) is 7.37. The molecule has 2 unspecified atom stereocenters. The van der Waals surface area contributed by atoms with Crippen LogP contribution in [0.4, 0.5) is 0 Å². The number of benzene rings is 1. The average molecular weight is 400 g/mol. The minimum absolute atomic E-state index is 0.0917. The number of rotatable bonds is 2. The zero-order valence-corrected chi connectivity index (χ0v) is 15.8. The summed E-state index contributed by atoms with van der Waals surface area (Å²) in [7, 11) is 0. The van der Waals surface area contributed by atoms with Crippen molar-refractivity contribution in [3.05, 3.63) is 65.1 Å². The number of nitrogens with one attached hydrogen (secondary N) is 1. The molecule has 0 amide bonds. The SMILES string of the molecule is Cc1c(C(=O)O)nc(C2=NC3C(=O)C(N)=CC(=O)C3C=C2)c2[nH]c3ccccc3c12. The van der Waals surface area contributed by atoms with Gasteiger partial charge in [-0.1, -0.05) is 24.3 Å². The highest BCUT2D eigenvalue weighted by molar-refractivity contribution is 6.23. The number of aromatic carboxylic acids is 1. The molecule has 3 heterocycles. The Morgan fingerprint density at radius 2 is 2.00 bits per heavy atom. The molecule has 148 valence electrons. The molecule has 4 N–H and O–H groups in total. The van der Waals surface area contributed by atoms with E-state index < -0.39 is 23.7 Å². The zero-order valence-electron chi connectivity index (χ0n) is 15.8. The summed E-state index contributed by atoms with van der Waals surface area (Å²) >= 11 is 0. The van der Waals surface area contributed by atoms with Gasteiger partial charge in [-0.25, -0.2) is 9.78 Å². The number of aromatic nitrogens is 2. The number of aliphatic imine (C=N–C) groups is 1. The van der Waals surface area contributed by atoms with Crippen molar-refractivity contribution < 1.29 is 19.5 Å². The molecule has 0 spiro atoms. The number of Topliss-reactive ketones (excluding diaryl/α,β-unsaturated/α-hetero) is 1. The Labute approximate surface area is 169 Å². The van der Waals surface area contributed by atoms with Crippen LogP contribution in [0.3, 0.4) is 0 Å². The Bertz CT molecular complexity index is 1390. The number of fused-ring (bicyclic) bond motifs is 4. The van der Waals surface area contributed by atoms with Gasteiger partial charge >= 0.3 is 5.97 Å². The molecule has 0 saturated heterocycles. The Balaban J connectivity index is 1.79. The number of H-pyrrole nitrogens is 1. The van der Waals surface area contributed by atoms with Crippen molar-refractivity contribution in [2.24, 2.45) is 16.6 Å². The van der Waals surface area contributed by atoms with Gasteiger partial charge in [-0.3, -0.25) is 14.6 Å². The quantitative estimate of drug-likeness (QED) is 0.602. The minimum atomic E-state index is -1.16. The highest BCUT2D eigenvalue weighted by Crippen LogP contribution is 2.33. The molecule has 1 aromatic carbocycles. The monoisotopic (exact) mass is 400 g/mol. The van der Waals surface area contributed by atoms with Crippen LogP contribution in [0.2, 0.25) is 0 Å². The lowest BCUT2D eigenvalue weighted by Crippen LogP contribution is -2.41. The maximum absolute atomic E-state index is 12.5. The number of aryl methyl sites for hydroxylation is 1. The Morgan fingerprint density at radius 1 is 1.23 bits per heavy atom. The van der Waals surface area contributed by atoms with Gasteiger partial charge in [0.1, 0.15) is 11.7 Å². The number of carboxylic acid groups (broad SMARTS) is 1. The van der Waals surface area contributed by atoms with Gasteiger partial charge in [-0.15, -0.1) is 0 Å². The van der Waals surface area contributed by atoms with E-state index in [1.807, 2.05) is 24.3 Å². The van der Waals surface area contributed by atoms with E-state index in [0.717, 1.165) is 22.4 Å². The van der Waals surface area contributed by atoms with Crippen LogP contribution in [0.25, 0.3) is 21.8 Å². The first-order valence-electron chi connectivity index (χ1n) is 9.32. The van der Waals surface area contributed by atoms with E-state index in [0.29, 0.717) is 22.5 Å². The number of para-hydroxylation sites is 1. The fraction of sp³-hybridized carbons (Fsp3) is 0.136. The van der Waals surface area contributed by atoms with Gasteiger partial charge < -0.3 is 15.8 Å². The number of nitrogens with two attached hydrogens (primary N) is 1. The lowest BCUT2D eigenvalue weighted by Gasteiger charge is -2.26. The second kappa shape index (κ2) is 6.21. The molecule has 1 aliphatic heterocycles. The number of carbonyl (C=O) groups excluding carboxylic acids is 2. The second-order valence-corrected chi connectivity index (χ2v) is 7.37. The predicted molar refractivity (Wildman–Crippen MR) is 111 cm³/mol. The van der Waals surface area contributed by atoms with E-state index in [-0.39, 0.29) is 17.2 Å². The van der Waals surface area contributed by atoms with Crippen molar-refractivity contribution in [2.75, 3.05) is 0 Å². The Morgan fingerprint density at radius 3 is 2.77 bits per heavy atom. The summed E-state index contributed by atoms with van der Waals surface area (Å²) in [5.74, 6) is -2.58. The first kappa shape index (κ1) is 18.0. The molecule has 0 fully saturated rings. The molecular weight excluding hydrogens is 384 g/mol. The first-order chi connectivity index (χ1) is 14.4. The highest BCUT2D eigenvalue weighted by atomic mass is 16.4. The Kier molecular flexibility index (Phi) is 3.73. The van der Waals surface area contributed by atoms with Crippen LogP contribution in [0.15, 0.2) is 53.2 Å². The number of hydrogen-bond donors (Lipinski definition) is 3. The highest BCUT2D eigenvalue weighted by Gasteiger charge is 2.38. The number of dihydropyridines is 1. The van der Waals surface area contributed by atoms with Crippen LogP contribution >= 0.6 is 0 Å². The van der Waals surface area contributed by atoms with Crippen LogP contribution in [0.5, 0.6) is 0 Å². The van der Waals surface area contributed by atoms with Crippen molar-refractivity contribution in [1.82, 2.24) is 9.97 Å². The van der Waals surface area contributed by atoms with Crippen LogP contribution in [-0.4, -0.2) is 44.4 Å². The van der Waals surface area contributed by atoms with Gasteiger partial charge in [0, 0.05) is 22.4 Å². The van der Waals surface area contributed by atoms with E-state index in [9.17, 15) is 19.5 Å². The average Bonchev–Trinajstić information content (AvgIpc) is 3.12. The summed E-state index contributed by atoms with van der Waals surface area (Å²) in [5, 5.41) is 11.3. The first-order valence-corrected chi connectivity index (χ1v) is 9.32. The number of ketones is 2. The third kappa shape index (κ3) is 2.43. The molecule has 0 radical (unpaired) electrons. The molecule has 2 atom stereocenters. The number of aromatic amines is 1.